The van der Waals surface area contributed by atoms with E-state index in [9.17, 15) is 9.00 Å². The monoisotopic (exact) mass is 276 g/mol. The molecule has 1 N–H and O–H groups in total. The van der Waals surface area contributed by atoms with Gasteiger partial charge >= 0.3 is 5.97 Å². The van der Waals surface area contributed by atoms with Gasteiger partial charge in [-0.3, -0.25) is 9.00 Å². The first kappa shape index (κ1) is 15.6. The molecule has 0 radical (unpaired) electrons. The van der Waals surface area contributed by atoms with Crippen molar-refractivity contribution in [1.29, 1.82) is 0 Å². The highest BCUT2D eigenvalue weighted by molar-refractivity contribution is 7.87. The van der Waals surface area contributed by atoms with Crippen LogP contribution in [0.15, 0.2) is 0 Å². The van der Waals surface area contributed by atoms with Gasteiger partial charge in [0, 0.05) is 22.5 Å². The van der Waals surface area contributed by atoms with E-state index in [1.807, 2.05) is 6.92 Å². The van der Waals surface area contributed by atoms with Gasteiger partial charge in [0.2, 0.25) is 0 Å². The van der Waals surface area contributed by atoms with Gasteiger partial charge in [-0.2, -0.15) is 0 Å². The van der Waals surface area contributed by atoms with Gasteiger partial charge in [0.25, 0.3) is 0 Å². The van der Waals surface area contributed by atoms with Gasteiger partial charge in [-0.15, -0.1) is 0 Å². The molecule has 1 saturated heterocycles. The van der Waals surface area contributed by atoms with Gasteiger partial charge in [-0.25, -0.2) is 0 Å². The number of carbonyl (C=O) groups excluding carboxylic acids is 1. The summed E-state index contributed by atoms with van der Waals surface area (Å²) in [5, 5.41) is 9.36. The lowest BCUT2D eigenvalue weighted by Gasteiger charge is -2.41. The lowest BCUT2D eigenvalue weighted by molar-refractivity contribution is -0.140. The molecule has 1 aliphatic rings. The largest absolute Gasteiger partial charge is 0.469 e. The van der Waals surface area contributed by atoms with Gasteiger partial charge in [-0.05, 0) is 18.8 Å². The molecule has 1 rings (SSSR count). The van der Waals surface area contributed by atoms with E-state index in [1.54, 1.807) is 0 Å². The standard InChI is InChI=1S/C13H24O4S/c1-10-11(12(9-14)18(10)16)7-5-3-4-6-8-13(15)17-2/h10-12,14H,3-9H2,1-2H3/t10-,11-,12+,18?/m0/s1. The summed E-state index contributed by atoms with van der Waals surface area (Å²) >= 11 is 0. The highest BCUT2D eigenvalue weighted by atomic mass is 32.2. The highest BCUT2D eigenvalue weighted by Gasteiger charge is 2.44. The Morgan fingerprint density at radius 2 is 1.94 bits per heavy atom. The van der Waals surface area contributed by atoms with Gasteiger partial charge in [0.1, 0.15) is 0 Å². The van der Waals surface area contributed by atoms with Crippen LogP contribution in [0.3, 0.4) is 0 Å². The van der Waals surface area contributed by atoms with Crippen molar-refractivity contribution in [3.8, 4) is 0 Å². The first-order chi connectivity index (χ1) is 8.61. The van der Waals surface area contributed by atoms with Crippen LogP contribution in [0.1, 0.15) is 45.4 Å². The molecule has 1 fully saturated rings. The van der Waals surface area contributed by atoms with Gasteiger partial charge in [-0.1, -0.05) is 26.2 Å². The molecule has 1 unspecified atom stereocenters. The summed E-state index contributed by atoms with van der Waals surface area (Å²) in [4.78, 5) is 10.9. The molecular weight excluding hydrogens is 252 g/mol. The molecule has 106 valence electrons. The quantitative estimate of drug-likeness (QED) is 0.540. The second-order valence-electron chi connectivity index (χ2n) is 4.95. The van der Waals surface area contributed by atoms with Crippen molar-refractivity contribution in [2.75, 3.05) is 13.7 Å². The second kappa shape index (κ2) is 7.89. The highest BCUT2D eigenvalue weighted by Crippen LogP contribution is 2.35. The summed E-state index contributed by atoms with van der Waals surface area (Å²) in [7, 11) is 0.580. The third-order valence-corrected chi connectivity index (χ3v) is 6.00. The van der Waals surface area contributed by atoms with Crippen molar-refractivity contribution in [2.45, 2.75) is 55.9 Å². The summed E-state index contributed by atoms with van der Waals surface area (Å²) in [6.07, 6.45) is 5.62. The van der Waals surface area contributed by atoms with Crippen LogP contribution in [0.2, 0.25) is 0 Å². The van der Waals surface area contributed by atoms with Crippen LogP contribution in [0.4, 0.5) is 0 Å². The molecule has 5 heteroatoms. The Kier molecular flexibility index (Phi) is 6.86. The lowest BCUT2D eigenvalue weighted by atomic mass is 9.93. The van der Waals surface area contributed by atoms with Crippen LogP contribution in [-0.4, -0.2) is 39.5 Å². The van der Waals surface area contributed by atoms with E-state index in [0.29, 0.717) is 12.3 Å². The predicted molar refractivity (Wildman–Crippen MR) is 71.7 cm³/mol. The minimum atomic E-state index is -0.832. The summed E-state index contributed by atoms with van der Waals surface area (Å²) in [6, 6.07) is 0. The van der Waals surface area contributed by atoms with E-state index < -0.39 is 10.8 Å². The number of unbranched alkanes of at least 4 members (excludes halogenated alkanes) is 3. The van der Waals surface area contributed by atoms with Crippen LogP contribution in [0.5, 0.6) is 0 Å². The molecule has 0 aliphatic carbocycles. The summed E-state index contributed by atoms with van der Waals surface area (Å²) < 4.78 is 16.1. The van der Waals surface area contributed by atoms with Crippen LogP contribution >= 0.6 is 0 Å². The molecule has 1 aliphatic heterocycles. The van der Waals surface area contributed by atoms with E-state index in [0.717, 1.165) is 32.1 Å². The Bertz CT molecular complexity index is 293. The van der Waals surface area contributed by atoms with E-state index in [4.69, 9.17) is 5.11 Å². The van der Waals surface area contributed by atoms with Crippen LogP contribution in [0, 0.1) is 5.92 Å². The van der Waals surface area contributed by atoms with E-state index in [2.05, 4.69) is 4.74 Å². The number of methoxy groups -OCH3 is 1. The van der Waals surface area contributed by atoms with Crippen LogP contribution in [-0.2, 0) is 20.3 Å². The molecule has 0 aromatic rings. The van der Waals surface area contributed by atoms with Gasteiger partial charge < -0.3 is 9.84 Å². The number of aliphatic hydroxyl groups excluding tert-OH is 1. The minimum absolute atomic E-state index is 0.00457. The maximum absolute atomic E-state index is 11.5. The molecule has 0 saturated carbocycles. The fourth-order valence-corrected chi connectivity index (χ4v) is 4.38. The fourth-order valence-electron chi connectivity index (χ4n) is 2.57. The first-order valence-electron chi connectivity index (χ1n) is 6.68. The zero-order valence-corrected chi connectivity index (χ0v) is 12.1. The van der Waals surface area contributed by atoms with Crippen LogP contribution < -0.4 is 0 Å². The third-order valence-electron chi connectivity index (χ3n) is 3.82. The van der Waals surface area contributed by atoms with Crippen molar-refractivity contribution in [3.63, 3.8) is 0 Å². The Morgan fingerprint density at radius 1 is 1.28 bits per heavy atom. The van der Waals surface area contributed by atoms with Crippen molar-refractivity contribution in [3.05, 3.63) is 0 Å². The van der Waals surface area contributed by atoms with Gasteiger partial charge in [0.05, 0.1) is 19.0 Å². The van der Waals surface area contributed by atoms with E-state index in [1.165, 1.54) is 7.11 Å². The molecule has 4 atom stereocenters. The topological polar surface area (TPSA) is 63.6 Å². The third kappa shape index (κ3) is 4.05. The normalized spacial score (nSPS) is 30.8. The smallest absolute Gasteiger partial charge is 0.305 e. The maximum atomic E-state index is 11.5. The van der Waals surface area contributed by atoms with Crippen molar-refractivity contribution >= 4 is 16.8 Å². The molecule has 1 heterocycles. The van der Waals surface area contributed by atoms with Crippen LogP contribution in [0.25, 0.3) is 0 Å². The number of esters is 1. The van der Waals surface area contributed by atoms with Crippen molar-refractivity contribution in [2.24, 2.45) is 5.92 Å². The average molecular weight is 276 g/mol. The predicted octanol–water partition coefficient (Wildman–Crippen LogP) is 1.63. The second-order valence-corrected chi connectivity index (χ2v) is 6.95. The SMILES string of the molecule is COC(=O)CCCCCC[C@@H]1[C@@H](CO)S(=O)[C@H]1C. The number of aliphatic hydroxyl groups is 1. The molecular formula is C13H24O4S. The van der Waals surface area contributed by atoms with Crippen molar-refractivity contribution < 1.29 is 18.8 Å². The zero-order chi connectivity index (χ0) is 13.5. The number of carbonyl (C=O) groups is 1. The summed E-state index contributed by atoms with van der Waals surface area (Å²) in [6.45, 7) is 2.05. The maximum Gasteiger partial charge on any atom is 0.305 e. The summed E-state index contributed by atoms with van der Waals surface area (Å²) in [5.74, 6) is 0.273. The summed E-state index contributed by atoms with van der Waals surface area (Å²) in [5.41, 5.74) is 0. The Labute approximate surface area is 112 Å². The molecule has 0 bridgehead atoms. The minimum Gasteiger partial charge on any atom is -0.469 e. The number of ether oxygens (including phenoxy) is 1. The Hall–Kier alpha value is -0.420. The molecule has 0 aromatic heterocycles. The molecule has 0 amide bonds. The first-order valence-corrected chi connectivity index (χ1v) is 7.96. The van der Waals surface area contributed by atoms with E-state index in [-0.39, 0.29) is 23.1 Å². The number of hydrogen-bond donors (Lipinski definition) is 1. The molecule has 0 aromatic carbocycles. The molecule has 0 spiro atoms. The lowest BCUT2D eigenvalue weighted by Crippen LogP contribution is -2.51. The van der Waals surface area contributed by atoms with E-state index >= 15 is 0 Å². The molecule has 18 heavy (non-hydrogen) atoms. The van der Waals surface area contributed by atoms with Gasteiger partial charge in [0.15, 0.2) is 0 Å². The number of rotatable bonds is 8. The zero-order valence-electron chi connectivity index (χ0n) is 11.3. The van der Waals surface area contributed by atoms with Crippen molar-refractivity contribution in [1.82, 2.24) is 0 Å². The number of hydrogen-bond acceptors (Lipinski definition) is 4. The fraction of sp³-hybridized carbons (Fsp3) is 0.923. The Balaban J connectivity index is 2.04. The Morgan fingerprint density at radius 3 is 2.56 bits per heavy atom. The average Bonchev–Trinajstić information content (AvgIpc) is 2.39. The molecule has 4 nitrogen and oxygen atoms in total.